The predicted molar refractivity (Wildman–Crippen MR) is 92.6 cm³/mol. The number of rotatable bonds is 2. The van der Waals surface area contributed by atoms with E-state index in [1.165, 1.54) is 22.3 Å². The molecular weight excluding hydrogens is 287 g/mol. The number of hydrogen-bond acceptors (Lipinski definition) is 2. The van der Waals surface area contributed by atoms with Gasteiger partial charge in [-0.3, -0.25) is 0 Å². The van der Waals surface area contributed by atoms with Gasteiger partial charge in [-0.05, 0) is 48.3 Å². The van der Waals surface area contributed by atoms with E-state index in [4.69, 9.17) is 0 Å². The first-order valence-corrected chi connectivity index (χ1v) is 7.48. The van der Waals surface area contributed by atoms with Crippen LogP contribution in [0.4, 0.5) is 10.2 Å². The molecule has 0 saturated carbocycles. The highest BCUT2D eigenvalue weighted by Crippen LogP contribution is 2.26. The summed E-state index contributed by atoms with van der Waals surface area (Å²) >= 11 is 0. The highest BCUT2D eigenvalue weighted by atomic mass is 19.1. The lowest BCUT2D eigenvalue weighted by Gasteiger charge is -1.99. The van der Waals surface area contributed by atoms with Crippen LogP contribution in [-0.4, -0.2) is 12.0 Å². The molecule has 1 aromatic heterocycles. The Kier molecular flexibility index (Phi) is 4.25. The number of halogens is 1. The molecule has 0 unspecified atom stereocenters. The highest BCUT2D eigenvalue weighted by molar-refractivity contribution is 5.67. The van der Waals surface area contributed by atoms with Gasteiger partial charge in [0.2, 0.25) is 5.95 Å². The van der Waals surface area contributed by atoms with E-state index < -0.39 is 5.95 Å². The van der Waals surface area contributed by atoms with E-state index in [0.717, 1.165) is 6.42 Å². The summed E-state index contributed by atoms with van der Waals surface area (Å²) in [6.07, 6.45) is 6.83. The van der Waals surface area contributed by atoms with Crippen LogP contribution in [0.2, 0.25) is 0 Å². The fourth-order valence-corrected chi connectivity index (χ4v) is 2.52. The number of nitrogens with zero attached hydrogens (tertiary/aromatic N) is 1. The maximum absolute atomic E-state index is 13.7. The molecule has 1 aliphatic carbocycles. The fourth-order valence-electron chi connectivity index (χ4n) is 2.52. The molecule has 3 heteroatoms. The molecule has 1 N–H and O–H groups in total. The predicted octanol–water partition coefficient (Wildman–Crippen LogP) is 4.12. The van der Waals surface area contributed by atoms with Crippen molar-refractivity contribution >= 4 is 11.9 Å². The third-order valence-corrected chi connectivity index (χ3v) is 3.73. The van der Waals surface area contributed by atoms with Crippen LogP contribution in [0.1, 0.15) is 22.3 Å². The second kappa shape index (κ2) is 6.50. The minimum atomic E-state index is -0.555. The molecule has 1 heterocycles. The van der Waals surface area contributed by atoms with Gasteiger partial charge in [0.05, 0.1) is 5.56 Å². The van der Waals surface area contributed by atoms with E-state index in [1.54, 1.807) is 25.3 Å². The summed E-state index contributed by atoms with van der Waals surface area (Å²) in [7, 11) is 1.70. The molecule has 0 spiro atoms. The number of nitrogens with one attached hydrogen (secondary N) is 1. The molecule has 2 aromatic rings. The molecule has 0 aliphatic heterocycles. The number of anilines is 1. The highest BCUT2D eigenvalue weighted by Gasteiger charge is 2.09. The number of benzene rings is 1. The second-order valence-corrected chi connectivity index (χ2v) is 5.49. The summed E-state index contributed by atoms with van der Waals surface area (Å²) in [5, 5.41) is 2.79. The van der Waals surface area contributed by atoms with Crippen molar-refractivity contribution in [3.05, 3.63) is 76.3 Å². The van der Waals surface area contributed by atoms with E-state index in [2.05, 4.69) is 53.3 Å². The van der Waals surface area contributed by atoms with Crippen LogP contribution in [0.5, 0.6) is 0 Å². The topological polar surface area (TPSA) is 24.9 Å². The average Bonchev–Trinajstić information content (AvgIpc) is 2.94. The van der Waals surface area contributed by atoms with Crippen molar-refractivity contribution in [1.29, 1.82) is 0 Å². The van der Waals surface area contributed by atoms with Crippen LogP contribution in [-0.2, 0) is 6.42 Å². The van der Waals surface area contributed by atoms with Crippen molar-refractivity contribution < 1.29 is 4.39 Å². The van der Waals surface area contributed by atoms with Crippen LogP contribution < -0.4 is 5.32 Å². The van der Waals surface area contributed by atoms with Gasteiger partial charge >= 0.3 is 0 Å². The van der Waals surface area contributed by atoms with E-state index in [1.807, 2.05) is 6.08 Å². The lowest BCUT2D eigenvalue weighted by Crippen LogP contribution is -1.96. The summed E-state index contributed by atoms with van der Waals surface area (Å²) in [5.74, 6) is 5.60. The molecule has 114 valence electrons. The van der Waals surface area contributed by atoms with Gasteiger partial charge in [0.15, 0.2) is 0 Å². The molecule has 0 radical (unpaired) electrons. The zero-order chi connectivity index (χ0) is 16.2. The number of aryl methyl sites for hydroxylation is 1. The maximum Gasteiger partial charge on any atom is 0.230 e. The molecule has 1 aliphatic rings. The first-order chi connectivity index (χ1) is 11.2. The van der Waals surface area contributed by atoms with Crippen molar-refractivity contribution in [3.8, 4) is 11.8 Å². The summed E-state index contributed by atoms with van der Waals surface area (Å²) in [6.45, 7) is 2.09. The van der Waals surface area contributed by atoms with Crippen LogP contribution in [0.15, 0.2) is 48.1 Å². The number of fused-ring (bicyclic) bond motifs is 1. The SMILES string of the molecule is CNc1ccc(C#C/C=C/C2=Cc3cc(C)ccc3C2)c(F)n1. The largest absolute Gasteiger partial charge is 0.373 e. The van der Waals surface area contributed by atoms with Crippen LogP contribution in [0.3, 0.4) is 0 Å². The van der Waals surface area contributed by atoms with Gasteiger partial charge in [-0.25, -0.2) is 4.98 Å². The van der Waals surface area contributed by atoms with Gasteiger partial charge in [-0.2, -0.15) is 4.39 Å². The zero-order valence-electron chi connectivity index (χ0n) is 13.2. The Morgan fingerprint density at radius 1 is 1.26 bits per heavy atom. The Morgan fingerprint density at radius 3 is 2.91 bits per heavy atom. The molecule has 0 amide bonds. The van der Waals surface area contributed by atoms with Gasteiger partial charge in [-0.15, -0.1) is 0 Å². The lowest BCUT2D eigenvalue weighted by molar-refractivity contribution is 0.582. The van der Waals surface area contributed by atoms with Crippen molar-refractivity contribution in [2.45, 2.75) is 13.3 Å². The molecule has 0 atom stereocenters. The van der Waals surface area contributed by atoms with Crippen LogP contribution in [0, 0.1) is 24.7 Å². The van der Waals surface area contributed by atoms with Gasteiger partial charge < -0.3 is 5.32 Å². The smallest absolute Gasteiger partial charge is 0.230 e. The number of pyridine rings is 1. The normalized spacial score (nSPS) is 12.6. The molecule has 3 rings (SSSR count). The first-order valence-electron chi connectivity index (χ1n) is 7.48. The molecule has 1 aromatic carbocycles. The Bertz CT molecular complexity index is 867. The third kappa shape index (κ3) is 3.49. The van der Waals surface area contributed by atoms with E-state index in [0.29, 0.717) is 11.4 Å². The Balaban J connectivity index is 1.71. The van der Waals surface area contributed by atoms with Crippen LogP contribution >= 0.6 is 0 Å². The first kappa shape index (κ1) is 15.1. The van der Waals surface area contributed by atoms with Crippen molar-refractivity contribution in [2.75, 3.05) is 12.4 Å². The number of hydrogen-bond donors (Lipinski definition) is 1. The molecule has 0 fully saturated rings. The Labute approximate surface area is 135 Å². The summed E-state index contributed by atoms with van der Waals surface area (Å²) in [4.78, 5) is 3.77. The minimum absolute atomic E-state index is 0.299. The summed E-state index contributed by atoms with van der Waals surface area (Å²) in [6, 6.07) is 9.81. The van der Waals surface area contributed by atoms with Gasteiger partial charge in [-0.1, -0.05) is 47.8 Å². The van der Waals surface area contributed by atoms with Crippen molar-refractivity contribution in [2.24, 2.45) is 0 Å². The van der Waals surface area contributed by atoms with E-state index in [-0.39, 0.29) is 0 Å². The molecule has 0 saturated heterocycles. The fraction of sp³-hybridized carbons (Fsp3) is 0.150. The quantitative estimate of drug-likeness (QED) is 0.667. The molecule has 0 bridgehead atoms. The van der Waals surface area contributed by atoms with Gasteiger partial charge in [0.25, 0.3) is 0 Å². The van der Waals surface area contributed by atoms with Gasteiger partial charge in [0, 0.05) is 7.05 Å². The lowest BCUT2D eigenvalue weighted by atomic mass is 10.1. The number of aromatic nitrogens is 1. The number of allylic oxidation sites excluding steroid dienone is 3. The van der Waals surface area contributed by atoms with Crippen LogP contribution in [0.25, 0.3) is 6.08 Å². The summed E-state index contributed by atoms with van der Waals surface area (Å²) < 4.78 is 13.7. The van der Waals surface area contributed by atoms with Gasteiger partial charge in [0.1, 0.15) is 5.82 Å². The zero-order valence-corrected chi connectivity index (χ0v) is 13.2. The average molecular weight is 304 g/mol. The van der Waals surface area contributed by atoms with Crippen molar-refractivity contribution in [3.63, 3.8) is 0 Å². The molecule has 2 nitrogen and oxygen atoms in total. The summed E-state index contributed by atoms with van der Waals surface area (Å²) in [5.41, 5.74) is 5.38. The van der Waals surface area contributed by atoms with Crippen molar-refractivity contribution in [1.82, 2.24) is 4.98 Å². The monoisotopic (exact) mass is 304 g/mol. The second-order valence-electron chi connectivity index (χ2n) is 5.49. The standard InChI is InChI=1S/C20H17FN2/c1-14-7-8-17-12-15(13-18(17)11-14)5-3-4-6-16-9-10-19(22-2)23-20(16)21/h3,5,7-11,13H,12H2,1-2H3,(H,22,23)/b5-3+. The molecule has 23 heavy (non-hydrogen) atoms. The Morgan fingerprint density at radius 2 is 2.13 bits per heavy atom. The van der Waals surface area contributed by atoms with E-state index >= 15 is 0 Å². The Hall–Kier alpha value is -2.86. The van der Waals surface area contributed by atoms with E-state index in [9.17, 15) is 4.39 Å². The molecular formula is C20H17FN2. The third-order valence-electron chi connectivity index (χ3n) is 3.73. The minimum Gasteiger partial charge on any atom is -0.373 e. The maximum atomic E-state index is 13.7.